The first-order valence-electron chi connectivity index (χ1n) is 6.92. The summed E-state index contributed by atoms with van der Waals surface area (Å²) in [5.41, 5.74) is 0.715. The lowest BCUT2D eigenvalue weighted by Gasteiger charge is -2.15. The van der Waals surface area contributed by atoms with E-state index in [4.69, 9.17) is 21.1 Å². The number of hydrogen-bond donors (Lipinski definition) is 1. The van der Waals surface area contributed by atoms with E-state index >= 15 is 0 Å². The number of rotatable bonds is 5. The molecule has 2 aromatic rings. The molecule has 1 atom stereocenters. The van der Waals surface area contributed by atoms with Gasteiger partial charge in [-0.2, -0.15) is 0 Å². The molecule has 0 saturated heterocycles. The summed E-state index contributed by atoms with van der Waals surface area (Å²) < 4.78 is 10.3. The Hall–Kier alpha value is -2.53. The molecule has 23 heavy (non-hydrogen) atoms. The maximum absolute atomic E-state index is 12.2. The van der Waals surface area contributed by atoms with E-state index in [1.807, 2.05) is 0 Å². The Morgan fingerprint density at radius 2 is 1.74 bits per heavy atom. The van der Waals surface area contributed by atoms with E-state index in [1.165, 1.54) is 20.1 Å². The molecule has 6 heteroatoms. The number of hydrogen-bond acceptors (Lipinski definition) is 4. The van der Waals surface area contributed by atoms with Crippen LogP contribution in [0.5, 0.6) is 5.75 Å². The van der Waals surface area contributed by atoms with Gasteiger partial charge in [-0.1, -0.05) is 35.9 Å². The Kier molecular flexibility index (Phi) is 5.60. The highest BCUT2D eigenvalue weighted by Gasteiger charge is 2.21. The highest BCUT2D eigenvalue weighted by molar-refractivity contribution is 6.33. The van der Waals surface area contributed by atoms with Gasteiger partial charge in [-0.25, -0.2) is 4.79 Å². The number of methoxy groups -OCH3 is 1. The summed E-state index contributed by atoms with van der Waals surface area (Å²) in [6, 6.07) is 13.5. The Labute approximate surface area is 139 Å². The van der Waals surface area contributed by atoms with Gasteiger partial charge in [-0.05, 0) is 31.2 Å². The zero-order valence-corrected chi connectivity index (χ0v) is 13.5. The molecule has 0 saturated carbocycles. The predicted octanol–water partition coefficient (Wildman–Crippen LogP) is 3.53. The number of nitrogens with one attached hydrogen (secondary N) is 1. The molecule has 0 unspecified atom stereocenters. The fraction of sp³-hybridized carbons (Fsp3) is 0.176. The average Bonchev–Trinajstić information content (AvgIpc) is 2.55. The SMILES string of the molecule is COc1ccccc1NC(=O)[C@H](C)OC(=O)c1ccccc1Cl. The van der Waals surface area contributed by atoms with Gasteiger partial charge in [0.1, 0.15) is 5.75 Å². The van der Waals surface area contributed by atoms with Crippen LogP contribution in [0, 0.1) is 0 Å². The second-order valence-corrected chi connectivity index (χ2v) is 5.12. The molecule has 0 aromatic heterocycles. The molecular weight excluding hydrogens is 318 g/mol. The molecule has 0 spiro atoms. The highest BCUT2D eigenvalue weighted by Crippen LogP contribution is 2.23. The van der Waals surface area contributed by atoms with Crippen molar-refractivity contribution in [2.24, 2.45) is 0 Å². The molecule has 0 aliphatic carbocycles. The molecule has 0 radical (unpaired) electrons. The summed E-state index contributed by atoms with van der Waals surface area (Å²) in [7, 11) is 1.51. The number of halogens is 1. The van der Waals surface area contributed by atoms with E-state index in [-0.39, 0.29) is 10.6 Å². The number of amides is 1. The third kappa shape index (κ3) is 4.23. The molecule has 0 aliphatic heterocycles. The van der Waals surface area contributed by atoms with Crippen molar-refractivity contribution < 1.29 is 19.1 Å². The van der Waals surface area contributed by atoms with Crippen LogP contribution in [-0.2, 0) is 9.53 Å². The highest BCUT2D eigenvalue weighted by atomic mass is 35.5. The second-order valence-electron chi connectivity index (χ2n) is 4.72. The van der Waals surface area contributed by atoms with Crippen molar-refractivity contribution in [2.75, 3.05) is 12.4 Å². The lowest BCUT2D eigenvalue weighted by molar-refractivity contribution is -0.123. The van der Waals surface area contributed by atoms with Gasteiger partial charge in [-0.15, -0.1) is 0 Å². The van der Waals surface area contributed by atoms with Gasteiger partial charge in [0.25, 0.3) is 5.91 Å². The molecular formula is C17H16ClNO4. The first-order valence-corrected chi connectivity index (χ1v) is 7.30. The Morgan fingerprint density at radius 1 is 1.09 bits per heavy atom. The number of benzene rings is 2. The molecule has 0 bridgehead atoms. The third-order valence-electron chi connectivity index (χ3n) is 3.11. The standard InChI is InChI=1S/C17H16ClNO4/c1-11(23-17(21)12-7-3-4-8-13(12)18)16(20)19-14-9-5-6-10-15(14)22-2/h3-11H,1-2H3,(H,19,20)/t11-/m0/s1. The monoisotopic (exact) mass is 333 g/mol. The minimum Gasteiger partial charge on any atom is -0.495 e. The fourth-order valence-electron chi connectivity index (χ4n) is 1.89. The molecule has 1 amide bonds. The van der Waals surface area contributed by atoms with E-state index < -0.39 is 18.0 Å². The summed E-state index contributed by atoms with van der Waals surface area (Å²) >= 11 is 5.93. The summed E-state index contributed by atoms with van der Waals surface area (Å²) in [6.07, 6.45) is -0.983. The van der Waals surface area contributed by atoms with Crippen molar-refractivity contribution >= 4 is 29.2 Å². The molecule has 2 rings (SSSR count). The van der Waals surface area contributed by atoms with Crippen molar-refractivity contribution in [1.82, 2.24) is 0 Å². The minimum absolute atomic E-state index is 0.214. The average molecular weight is 334 g/mol. The summed E-state index contributed by atoms with van der Waals surface area (Å²) in [4.78, 5) is 24.2. The Bertz CT molecular complexity index is 717. The number of para-hydroxylation sites is 2. The topological polar surface area (TPSA) is 64.6 Å². The minimum atomic E-state index is -0.983. The van der Waals surface area contributed by atoms with Gasteiger partial charge in [-0.3, -0.25) is 4.79 Å². The maximum atomic E-state index is 12.2. The van der Waals surface area contributed by atoms with Crippen LogP contribution < -0.4 is 10.1 Å². The van der Waals surface area contributed by atoms with E-state index in [9.17, 15) is 9.59 Å². The van der Waals surface area contributed by atoms with Crippen molar-refractivity contribution in [3.63, 3.8) is 0 Å². The lowest BCUT2D eigenvalue weighted by Crippen LogP contribution is -2.30. The van der Waals surface area contributed by atoms with Crippen LogP contribution in [-0.4, -0.2) is 25.1 Å². The Morgan fingerprint density at radius 3 is 2.43 bits per heavy atom. The first-order chi connectivity index (χ1) is 11.0. The number of esters is 1. The number of ether oxygens (including phenoxy) is 2. The molecule has 0 aliphatic rings. The van der Waals surface area contributed by atoms with Crippen LogP contribution in [0.25, 0.3) is 0 Å². The lowest BCUT2D eigenvalue weighted by atomic mass is 10.2. The van der Waals surface area contributed by atoms with E-state index in [0.717, 1.165) is 0 Å². The first kappa shape index (κ1) is 16.8. The van der Waals surface area contributed by atoms with E-state index in [2.05, 4.69) is 5.32 Å². The van der Waals surface area contributed by atoms with Gasteiger partial charge in [0.15, 0.2) is 6.10 Å². The normalized spacial score (nSPS) is 11.4. The summed E-state index contributed by atoms with van der Waals surface area (Å²) in [5, 5.41) is 2.93. The summed E-state index contributed by atoms with van der Waals surface area (Å²) in [5.74, 6) is -0.598. The maximum Gasteiger partial charge on any atom is 0.340 e. The summed E-state index contributed by atoms with van der Waals surface area (Å²) in [6.45, 7) is 1.49. The van der Waals surface area contributed by atoms with Crippen LogP contribution >= 0.6 is 11.6 Å². The van der Waals surface area contributed by atoms with Crippen molar-refractivity contribution in [3.05, 3.63) is 59.1 Å². The molecule has 120 valence electrons. The van der Waals surface area contributed by atoms with Crippen LogP contribution in [0.2, 0.25) is 5.02 Å². The predicted molar refractivity (Wildman–Crippen MR) is 88.0 cm³/mol. The molecule has 0 fully saturated rings. The van der Waals surface area contributed by atoms with Crippen LogP contribution in [0.15, 0.2) is 48.5 Å². The van der Waals surface area contributed by atoms with Crippen molar-refractivity contribution in [1.29, 1.82) is 0 Å². The second kappa shape index (κ2) is 7.65. The molecule has 1 N–H and O–H groups in total. The van der Waals surface area contributed by atoms with E-state index in [1.54, 1.807) is 42.5 Å². The van der Waals surface area contributed by atoms with Crippen molar-refractivity contribution in [2.45, 2.75) is 13.0 Å². The van der Waals surface area contributed by atoms with Gasteiger partial charge in [0.05, 0.1) is 23.4 Å². The largest absolute Gasteiger partial charge is 0.495 e. The number of carbonyl (C=O) groups is 2. The molecule has 0 heterocycles. The zero-order chi connectivity index (χ0) is 16.8. The Balaban J connectivity index is 2.03. The van der Waals surface area contributed by atoms with Gasteiger partial charge in [0, 0.05) is 0 Å². The van der Waals surface area contributed by atoms with Gasteiger partial charge >= 0.3 is 5.97 Å². The van der Waals surface area contributed by atoms with Gasteiger partial charge in [0.2, 0.25) is 0 Å². The molecule has 2 aromatic carbocycles. The van der Waals surface area contributed by atoms with Crippen LogP contribution in [0.1, 0.15) is 17.3 Å². The van der Waals surface area contributed by atoms with Crippen molar-refractivity contribution in [3.8, 4) is 5.75 Å². The van der Waals surface area contributed by atoms with Crippen LogP contribution in [0.4, 0.5) is 5.69 Å². The number of carbonyl (C=O) groups excluding carboxylic acids is 2. The number of anilines is 1. The smallest absolute Gasteiger partial charge is 0.340 e. The third-order valence-corrected chi connectivity index (χ3v) is 3.44. The zero-order valence-electron chi connectivity index (χ0n) is 12.7. The quantitative estimate of drug-likeness (QED) is 0.850. The van der Waals surface area contributed by atoms with E-state index in [0.29, 0.717) is 11.4 Å². The fourth-order valence-corrected chi connectivity index (χ4v) is 2.10. The van der Waals surface area contributed by atoms with Gasteiger partial charge < -0.3 is 14.8 Å². The van der Waals surface area contributed by atoms with Crippen LogP contribution in [0.3, 0.4) is 0 Å². The molecule has 5 nitrogen and oxygen atoms in total.